The number of halogens is 1. The Morgan fingerprint density at radius 2 is 1.78 bits per heavy atom. The number of hydrogen-bond acceptors (Lipinski definition) is 6. The molecule has 0 atom stereocenters. The standard InChI is InChI=1S/C20H21ClN6/c1-14-17(21)5-4-6-18(14)24-20-25-19(13-22-26-20)23-15-7-9-16(10-8-15)27-11-2-3-12-27/h4-10,13H,2-3,11-12H2,1H3,(H2,23,24,25,26). The molecule has 3 aromatic rings. The summed E-state index contributed by atoms with van der Waals surface area (Å²) in [5.74, 6) is 1.04. The van der Waals surface area contributed by atoms with Gasteiger partial charge >= 0.3 is 0 Å². The second-order valence-electron chi connectivity index (χ2n) is 6.57. The molecule has 6 nitrogen and oxygen atoms in total. The fourth-order valence-corrected chi connectivity index (χ4v) is 3.33. The zero-order chi connectivity index (χ0) is 18.6. The summed E-state index contributed by atoms with van der Waals surface area (Å²) in [5.41, 5.74) is 4.02. The van der Waals surface area contributed by atoms with E-state index < -0.39 is 0 Å². The molecule has 7 heteroatoms. The van der Waals surface area contributed by atoms with Crippen molar-refractivity contribution in [3.8, 4) is 0 Å². The molecule has 0 radical (unpaired) electrons. The molecule has 0 bridgehead atoms. The number of nitrogens with one attached hydrogen (secondary N) is 2. The van der Waals surface area contributed by atoms with Crippen LogP contribution in [0, 0.1) is 6.92 Å². The van der Waals surface area contributed by atoms with E-state index in [0.29, 0.717) is 16.8 Å². The second-order valence-corrected chi connectivity index (χ2v) is 6.98. The second kappa shape index (κ2) is 7.80. The Bertz CT molecular complexity index is 922. The van der Waals surface area contributed by atoms with Crippen molar-refractivity contribution in [2.24, 2.45) is 0 Å². The first-order valence-electron chi connectivity index (χ1n) is 9.03. The van der Waals surface area contributed by atoms with E-state index in [1.54, 1.807) is 6.20 Å². The van der Waals surface area contributed by atoms with Gasteiger partial charge in [-0.05, 0) is 61.7 Å². The van der Waals surface area contributed by atoms with Crippen molar-refractivity contribution in [3.05, 3.63) is 59.2 Å². The van der Waals surface area contributed by atoms with Crippen molar-refractivity contribution in [2.75, 3.05) is 28.6 Å². The first-order valence-corrected chi connectivity index (χ1v) is 9.41. The molecule has 1 aliphatic rings. The van der Waals surface area contributed by atoms with Gasteiger partial charge in [0.25, 0.3) is 0 Å². The van der Waals surface area contributed by atoms with Crippen LogP contribution >= 0.6 is 11.6 Å². The summed E-state index contributed by atoms with van der Waals surface area (Å²) in [7, 11) is 0. The smallest absolute Gasteiger partial charge is 0.249 e. The molecule has 2 aromatic carbocycles. The highest BCUT2D eigenvalue weighted by molar-refractivity contribution is 6.31. The van der Waals surface area contributed by atoms with Gasteiger partial charge in [-0.3, -0.25) is 0 Å². The van der Waals surface area contributed by atoms with Crippen molar-refractivity contribution in [1.29, 1.82) is 0 Å². The predicted molar refractivity (Wildman–Crippen MR) is 110 cm³/mol. The Morgan fingerprint density at radius 1 is 1.00 bits per heavy atom. The molecule has 1 aliphatic heterocycles. The average Bonchev–Trinajstić information content (AvgIpc) is 3.21. The third kappa shape index (κ3) is 4.11. The van der Waals surface area contributed by atoms with E-state index in [-0.39, 0.29) is 0 Å². The van der Waals surface area contributed by atoms with Crippen molar-refractivity contribution in [2.45, 2.75) is 19.8 Å². The van der Waals surface area contributed by atoms with Crippen molar-refractivity contribution in [1.82, 2.24) is 15.2 Å². The minimum Gasteiger partial charge on any atom is -0.372 e. The maximum absolute atomic E-state index is 6.17. The van der Waals surface area contributed by atoms with E-state index >= 15 is 0 Å². The first-order chi connectivity index (χ1) is 13.2. The average molecular weight is 381 g/mol. The molecule has 0 aliphatic carbocycles. The molecule has 1 fully saturated rings. The number of hydrogen-bond donors (Lipinski definition) is 2. The van der Waals surface area contributed by atoms with Crippen LogP contribution < -0.4 is 15.5 Å². The van der Waals surface area contributed by atoms with Crippen LogP contribution in [0.2, 0.25) is 5.02 Å². The lowest BCUT2D eigenvalue weighted by atomic mass is 10.2. The van der Waals surface area contributed by atoms with Gasteiger partial charge in [-0.2, -0.15) is 10.1 Å². The highest BCUT2D eigenvalue weighted by Gasteiger charge is 2.12. The van der Waals surface area contributed by atoms with Gasteiger partial charge in [0.2, 0.25) is 5.95 Å². The van der Waals surface area contributed by atoms with Gasteiger partial charge in [0.1, 0.15) is 0 Å². The first kappa shape index (κ1) is 17.5. The summed E-state index contributed by atoms with van der Waals surface area (Å²) < 4.78 is 0. The zero-order valence-electron chi connectivity index (χ0n) is 15.1. The number of benzene rings is 2. The minimum absolute atomic E-state index is 0.416. The summed E-state index contributed by atoms with van der Waals surface area (Å²) in [6.45, 7) is 4.23. The highest BCUT2D eigenvalue weighted by atomic mass is 35.5. The summed E-state index contributed by atoms with van der Waals surface area (Å²) >= 11 is 6.17. The van der Waals surface area contributed by atoms with Gasteiger partial charge in [0.15, 0.2) is 5.82 Å². The fraction of sp³-hybridized carbons (Fsp3) is 0.250. The van der Waals surface area contributed by atoms with Crippen LogP contribution in [-0.4, -0.2) is 28.3 Å². The van der Waals surface area contributed by atoms with Crippen molar-refractivity contribution < 1.29 is 0 Å². The van der Waals surface area contributed by atoms with Crippen LogP contribution in [0.1, 0.15) is 18.4 Å². The van der Waals surface area contributed by atoms with Gasteiger partial charge in [0.05, 0.1) is 6.20 Å². The number of rotatable bonds is 5. The van der Waals surface area contributed by atoms with Crippen LogP contribution in [0.4, 0.5) is 28.8 Å². The van der Waals surface area contributed by atoms with E-state index in [0.717, 1.165) is 30.0 Å². The molecule has 1 aromatic heterocycles. The largest absolute Gasteiger partial charge is 0.372 e. The molecule has 0 saturated carbocycles. The Morgan fingerprint density at radius 3 is 2.56 bits per heavy atom. The maximum Gasteiger partial charge on any atom is 0.249 e. The Balaban J connectivity index is 1.47. The van der Waals surface area contributed by atoms with E-state index in [1.165, 1.54) is 18.5 Å². The van der Waals surface area contributed by atoms with E-state index in [2.05, 4.69) is 55.0 Å². The van der Waals surface area contributed by atoms with Crippen LogP contribution in [-0.2, 0) is 0 Å². The zero-order valence-corrected chi connectivity index (χ0v) is 15.9. The third-order valence-electron chi connectivity index (χ3n) is 4.68. The molecule has 4 rings (SSSR count). The monoisotopic (exact) mass is 380 g/mol. The number of anilines is 5. The van der Waals surface area contributed by atoms with E-state index in [4.69, 9.17) is 11.6 Å². The molecule has 138 valence electrons. The molecule has 2 N–H and O–H groups in total. The van der Waals surface area contributed by atoms with E-state index in [9.17, 15) is 0 Å². The van der Waals surface area contributed by atoms with Gasteiger partial charge in [-0.1, -0.05) is 17.7 Å². The Kier molecular flexibility index (Phi) is 5.07. The fourth-order valence-electron chi connectivity index (χ4n) is 3.16. The van der Waals surface area contributed by atoms with Crippen molar-refractivity contribution >= 4 is 40.4 Å². The maximum atomic E-state index is 6.17. The van der Waals surface area contributed by atoms with Gasteiger partial charge in [-0.15, -0.1) is 5.10 Å². The predicted octanol–water partition coefficient (Wildman–Crippen LogP) is 4.92. The number of aromatic nitrogens is 3. The molecule has 27 heavy (non-hydrogen) atoms. The molecular formula is C20H21ClN6. The lowest BCUT2D eigenvalue weighted by Gasteiger charge is -2.17. The van der Waals surface area contributed by atoms with Gasteiger partial charge in [-0.25, -0.2) is 0 Å². The molecule has 0 unspecified atom stereocenters. The highest BCUT2D eigenvalue weighted by Crippen LogP contribution is 2.26. The topological polar surface area (TPSA) is 66.0 Å². The quantitative estimate of drug-likeness (QED) is 0.654. The SMILES string of the molecule is Cc1c(Cl)cccc1Nc1nncc(Nc2ccc(N3CCCC3)cc2)n1. The summed E-state index contributed by atoms with van der Waals surface area (Å²) in [4.78, 5) is 6.89. The van der Waals surface area contributed by atoms with Crippen LogP contribution in [0.15, 0.2) is 48.7 Å². The summed E-state index contributed by atoms with van der Waals surface area (Å²) in [5, 5.41) is 15.2. The molecule has 1 saturated heterocycles. The summed E-state index contributed by atoms with van der Waals surface area (Å²) in [6, 6.07) is 14.1. The normalized spacial score (nSPS) is 13.6. The molecule has 0 amide bonds. The summed E-state index contributed by atoms with van der Waals surface area (Å²) in [6.07, 6.45) is 4.15. The number of nitrogens with zero attached hydrogens (tertiary/aromatic N) is 4. The third-order valence-corrected chi connectivity index (χ3v) is 5.09. The van der Waals surface area contributed by atoms with Crippen LogP contribution in [0.25, 0.3) is 0 Å². The van der Waals surface area contributed by atoms with Crippen LogP contribution in [0.3, 0.4) is 0 Å². The Hall–Kier alpha value is -2.86. The lowest BCUT2D eigenvalue weighted by molar-refractivity contribution is 0.949. The lowest BCUT2D eigenvalue weighted by Crippen LogP contribution is -2.17. The Labute approximate surface area is 163 Å². The van der Waals surface area contributed by atoms with Crippen molar-refractivity contribution in [3.63, 3.8) is 0 Å². The van der Waals surface area contributed by atoms with E-state index in [1.807, 2.05) is 25.1 Å². The molecule has 2 heterocycles. The minimum atomic E-state index is 0.416. The van der Waals surface area contributed by atoms with Gasteiger partial charge in [0, 0.05) is 35.2 Å². The van der Waals surface area contributed by atoms with Gasteiger partial charge < -0.3 is 15.5 Å². The molecule has 0 spiro atoms. The molecular weight excluding hydrogens is 360 g/mol. The van der Waals surface area contributed by atoms with Crippen LogP contribution in [0.5, 0.6) is 0 Å².